The zero-order valence-electron chi connectivity index (χ0n) is 11.1. The molecule has 18 heavy (non-hydrogen) atoms. The van der Waals surface area contributed by atoms with Crippen molar-refractivity contribution < 1.29 is 0 Å². The normalized spacial score (nSPS) is 14.0. The van der Waals surface area contributed by atoms with Gasteiger partial charge in [-0.2, -0.15) is 5.10 Å². The number of allylic oxidation sites excluding steroid dienone is 1. The minimum atomic E-state index is -0.142. The van der Waals surface area contributed by atoms with E-state index in [-0.39, 0.29) is 5.56 Å². The lowest BCUT2D eigenvalue weighted by Gasteiger charge is -2.21. The topological polar surface area (TPSA) is 46.9 Å². The van der Waals surface area contributed by atoms with Crippen molar-refractivity contribution in [3.05, 3.63) is 33.7 Å². The van der Waals surface area contributed by atoms with Crippen LogP contribution in [0.25, 0.3) is 0 Å². The molecule has 0 radical (unpaired) electrons. The molecule has 0 aliphatic heterocycles. The second-order valence-corrected chi connectivity index (χ2v) is 5.26. The summed E-state index contributed by atoms with van der Waals surface area (Å²) in [6.45, 7) is 10.5. The first-order valence-electron chi connectivity index (χ1n) is 6.14. The molecule has 0 aliphatic carbocycles. The molecule has 1 N–H and O–H groups in total. The van der Waals surface area contributed by atoms with E-state index in [1.54, 1.807) is 12.3 Å². The van der Waals surface area contributed by atoms with E-state index >= 15 is 0 Å². The van der Waals surface area contributed by atoms with Gasteiger partial charge in [0.1, 0.15) is 4.47 Å². The fourth-order valence-corrected chi connectivity index (χ4v) is 1.98. The summed E-state index contributed by atoms with van der Waals surface area (Å²) in [7, 11) is 0. The Morgan fingerprint density at radius 2 is 2.28 bits per heavy atom. The van der Waals surface area contributed by atoms with Crippen molar-refractivity contribution in [3.63, 3.8) is 0 Å². The fourth-order valence-electron chi connectivity index (χ4n) is 1.56. The summed E-state index contributed by atoms with van der Waals surface area (Å²) in [5, 5.41) is 7.43. The lowest BCUT2D eigenvalue weighted by molar-refractivity contribution is 0.493. The van der Waals surface area contributed by atoms with Crippen LogP contribution in [-0.2, 0) is 6.54 Å². The van der Waals surface area contributed by atoms with Crippen LogP contribution in [0.5, 0.6) is 0 Å². The smallest absolute Gasteiger partial charge is 0.283 e. The van der Waals surface area contributed by atoms with Gasteiger partial charge in [0.25, 0.3) is 5.56 Å². The SMILES string of the molecule is C=CCn1ncc(NC(C)C(C)CC)c(Br)c1=O. The molecule has 5 heteroatoms. The van der Waals surface area contributed by atoms with Gasteiger partial charge in [-0.3, -0.25) is 4.79 Å². The van der Waals surface area contributed by atoms with Crippen molar-refractivity contribution in [1.29, 1.82) is 0 Å². The summed E-state index contributed by atoms with van der Waals surface area (Å²) >= 11 is 3.33. The quantitative estimate of drug-likeness (QED) is 0.821. The number of aromatic nitrogens is 2. The molecule has 1 aromatic rings. The van der Waals surface area contributed by atoms with Gasteiger partial charge < -0.3 is 5.32 Å². The number of anilines is 1. The lowest BCUT2D eigenvalue weighted by Crippen LogP contribution is -2.28. The van der Waals surface area contributed by atoms with Crippen molar-refractivity contribution in [2.45, 2.75) is 39.8 Å². The number of rotatable bonds is 6. The van der Waals surface area contributed by atoms with E-state index < -0.39 is 0 Å². The van der Waals surface area contributed by atoms with E-state index in [0.29, 0.717) is 23.0 Å². The molecule has 2 atom stereocenters. The van der Waals surface area contributed by atoms with Crippen LogP contribution in [0.4, 0.5) is 5.69 Å². The average molecular weight is 314 g/mol. The molecule has 0 spiro atoms. The molecule has 2 unspecified atom stereocenters. The van der Waals surface area contributed by atoms with Gasteiger partial charge in [0.2, 0.25) is 0 Å². The van der Waals surface area contributed by atoms with E-state index in [1.807, 2.05) is 0 Å². The number of hydrogen-bond donors (Lipinski definition) is 1. The highest BCUT2D eigenvalue weighted by Gasteiger charge is 2.14. The zero-order chi connectivity index (χ0) is 13.7. The summed E-state index contributed by atoms with van der Waals surface area (Å²) in [6, 6.07) is 0.294. The molecule has 0 amide bonds. The third-order valence-electron chi connectivity index (χ3n) is 3.17. The number of halogens is 1. The molecular formula is C13H20BrN3O. The van der Waals surface area contributed by atoms with E-state index in [1.165, 1.54) is 4.68 Å². The Bertz CT molecular complexity index is 470. The Morgan fingerprint density at radius 1 is 1.61 bits per heavy atom. The Kier molecular flexibility index (Phi) is 5.59. The van der Waals surface area contributed by atoms with Gasteiger partial charge in [-0.05, 0) is 28.8 Å². The van der Waals surface area contributed by atoms with Crippen LogP contribution < -0.4 is 10.9 Å². The van der Waals surface area contributed by atoms with E-state index in [2.05, 4.69) is 53.7 Å². The molecule has 0 aliphatic rings. The summed E-state index contributed by atoms with van der Waals surface area (Å²) < 4.78 is 1.89. The number of hydrogen-bond acceptors (Lipinski definition) is 3. The molecular weight excluding hydrogens is 294 g/mol. The maximum atomic E-state index is 12.0. The van der Waals surface area contributed by atoms with Crippen molar-refractivity contribution in [1.82, 2.24) is 9.78 Å². The predicted molar refractivity (Wildman–Crippen MR) is 78.9 cm³/mol. The summed E-state index contributed by atoms with van der Waals surface area (Å²) in [5.74, 6) is 0.535. The lowest BCUT2D eigenvalue weighted by atomic mass is 10.0. The highest BCUT2D eigenvalue weighted by atomic mass is 79.9. The summed E-state index contributed by atoms with van der Waals surface area (Å²) in [4.78, 5) is 12.0. The monoisotopic (exact) mass is 313 g/mol. The molecule has 1 rings (SSSR count). The summed E-state index contributed by atoms with van der Waals surface area (Å²) in [6.07, 6.45) is 4.41. The van der Waals surface area contributed by atoms with Gasteiger partial charge >= 0.3 is 0 Å². The van der Waals surface area contributed by atoms with E-state index in [4.69, 9.17) is 0 Å². The van der Waals surface area contributed by atoms with Crippen LogP contribution in [0.2, 0.25) is 0 Å². The maximum absolute atomic E-state index is 12.0. The van der Waals surface area contributed by atoms with Crippen molar-refractivity contribution in [3.8, 4) is 0 Å². The van der Waals surface area contributed by atoms with Crippen LogP contribution in [0.1, 0.15) is 27.2 Å². The molecule has 0 fully saturated rings. The van der Waals surface area contributed by atoms with Gasteiger partial charge in [0.05, 0.1) is 18.4 Å². The van der Waals surface area contributed by atoms with Crippen LogP contribution in [0.3, 0.4) is 0 Å². The Labute approximate surface area is 116 Å². The molecule has 4 nitrogen and oxygen atoms in total. The highest BCUT2D eigenvalue weighted by Crippen LogP contribution is 2.20. The molecule has 100 valence electrons. The highest BCUT2D eigenvalue weighted by molar-refractivity contribution is 9.10. The van der Waals surface area contributed by atoms with Crippen molar-refractivity contribution in [2.24, 2.45) is 5.92 Å². The molecule has 0 bridgehead atoms. The van der Waals surface area contributed by atoms with Crippen LogP contribution in [-0.4, -0.2) is 15.8 Å². The second kappa shape index (κ2) is 6.73. The first-order valence-corrected chi connectivity index (χ1v) is 6.93. The Morgan fingerprint density at radius 3 is 2.83 bits per heavy atom. The minimum Gasteiger partial charge on any atom is -0.380 e. The average Bonchev–Trinajstić information content (AvgIpc) is 2.37. The van der Waals surface area contributed by atoms with E-state index in [9.17, 15) is 4.79 Å². The van der Waals surface area contributed by atoms with Gasteiger partial charge in [-0.15, -0.1) is 6.58 Å². The first kappa shape index (κ1) is 15.0. The largest absolute Gasteiger partial charge is 0.380 e. The van der Waals surface area contributed by atoms with Gasteiger partial charge in [-0.1, -0.05) is 26.3 Å². The Balaban J connectivity index is 2.95. The number of nitrogens with zero attached hydrogens (tertiary/aromatic N) is 2. The van der Waals surface area contributed by atoms with Crippen molar-refractivity contribution in [2.75, 3.05) is 5.32 Å². The third-order valence-corrected chi connectivity index (χ3v) is 3.93. The predicted octanol–water partition coefficient (Wildman–Crippen LogP) is 3.04. The van der Waals surface area contributed by atoms with Crippen LogP contribution in [0.15, 0.2) is 28.1 Å². The van der Waals surface area contributed by atoms with Crippen LogP contribution >= 0.6 is 15.9 Å². The molecule has 0 saturated carbocycles. The van der Waals surface area contributed by atoms with Gasteiger partial charge in [0, 0.05) is 6.04 Å². The number of nitrogens with one attached hydrogen (secondary N) is 1. The molecule has 1 aromatic heterocycles. The molecule has 0 saturated heterocycles. The van der Waals surface area contributed by atoms with E-state index in [0.717, 1.165) is 12.1 Å². The zero-order valence-corrected chi connectivity index (χ0v) is 12.7. The molecule has 1 heterocycles. The standard InChI is InChI=1S/C13H20BrN3O/c1-5-7-17-13(18)12(14)11(8-15-17)16-10(4)9(3)6-2/h5,8-10,16H,1,6-7H2,2-4H3. The first-order chi connectivity index (χ1) is 8.51. The van der Waals surface area contributed by atoms with Gasteiger partial charge in [-0.25, -0.2) is 4.68 Å². The Hall–Kier alpha value is -1.10. The van der Waals surface area contributed by atoms with Crippen molar-refractivity contribution >= 4 is 21.6 Å². The maximum Gasteiger partial charge on any atom is 0.283 e. The van der Waals surface area contributed by atoms with Gasteiger partial charge in [0.15, 0.2) is 0 Å². The third kappa shape index (κ3) is 3.45. The fraction of sp³-hybridized carbons (Fsp3) is 0.538. The minimum absolute atomic E-state index is 0.142. The van der Waals surface area contributed by atoms with Crippen LogP contribution in [0, 0.1) is 5.92 Å². The summed E-state index contributed by atoms with van der Waals surface area (Å²) in [5.41, 5.74) is 0.601. The molecule has 0 aromatic carbocycles. The second-order valence-electron chi connectivity index (χ2n) is 4.47.